The number of amides is 3. The van der Waals surface area contributed by atoms with Gasteiger partial charge in [0.25, 0.3) is 0 Å². The normalized spacial score (nSPS) is 10.7. The minimum atomic E-state index is -0.566. The average molecular weight is 481 g/mol. The molecule has 0 aliphatic rings. The molecular weight excluding hydrogens is 459 g/mol. The highest BCUT2D eigenvalue weighted by molar-refractivity contribution is 7.13. The van der Waals surface area contributed by atoms with Gasteiger partial charge in [-0.3, -0.25) is 5.32 Å². The molecule has 4 aromatic rings. The van der Waals surface area contributed by atoms with Crippen molar-refractivity contribution in [1.29, 1.82) is 0 Å². The number of nitrogens with one attached hydrogen (secondary N) is 2. The van der Waals surface area contributed by atoms with Gasteiger partial charge >= 0.3 is 12.1 Å². The van der Waals surface area contributed by atoms with E-state index in [1.165, 1.54) is 28.4 Å². The molecule has 1 aromatic carbocycles. The van der Waals surface area contributed by atoms with E-state index in [9.17, 15) is 14.0 Å². The van der Waals surface area contributed by atoms with Crippen LogP contribution in [-0.2, 0) is 13.1 Å². The van der Waals surface area contributed by atoms with Gasteiger partial charge in [0.05, 0.1) is 17.9 Å². The summed E-state index contributed by atoms with van der Waals surface area (Å²) < 4.78 is 18.7. The first kappa shape index (κ1) is 23.1. The fourth-order valence-electron chi connectivity index (χ4n) is 3.07. The van der Waals surface area contributed by atoms with Crippen LogP contribution in [0.2, 0.25) is 0 Å². The predicted octanol–water partition coefficient (Wildman–Crippen LogP) is 4.49. The van der Waals surface area contributed by atoms with Crippen LogP contribution in [0, 0.1) is 12.7 Å². The molecule has 34 heavy (non-hydrogen) atoms. The maximum Gasteiger partial charge on any atom is 0.415 e. The Morgan fingerprint density at radius 2 is 2.03 bits per heavy atom. The molecule has 9 nitrogen and oxygen atoms in total. The smallest absolute Gasteiger partial charge is 0.408 e. The second-order valence-corrected chi connectivity index (χ2v) is 8.29. The van der Waals surface area contributed by atoms with E-state index in [2.05, 4.69) is 25.6 Å². The Hall–Kier alpha value is -4.12. The zero-order chi connectivity index (χ0) is 24.1. The number of benzene rings is 1. The number of fused-ring (bicyclic) bond motifs is 1. The van der Waals surface area contributed by atoms with Gasteiger partial charge in [0, 0.05) is 30.6 Å². The lowest BCUT2D eigenvalue weighted by Gasteiger charge is -2.16. The zero-order valence-electron chi connectivity index (χ0n) is 18.4. The third-order valence-electron chi connectivity index (χ3n) is 4.76. The molecule has 3 heterocycles. The molecule has 4 rings (SSSR count). The molecule has 174 valence electrons. The fourth-order valence-corrected chi connectivity index (χ4v) is 3.76. The number of pyridine rings is 2. The monoisotopic (exact) mass is 480 g/mol. The number of aromatic nitrogens is 3. The quantitative estimate of drug-likeness (QED) is 0.421. The summed E-state index contributed by atoms with van der Waals surface area (Å²) in [5.74, 6) is -0.0103. The summed E-state index contributed by atoms with van der Waals surface area (Å²) >= 11 is 1.22. The Morgan fingerprint density at radius 1 is 1.18 bits per heavy atom. The largest absolute Gasteiger partial charge is 0.415 e. The standard InChI is InChI=1S/C23H21FN6O3S/c1-14-19(10-16-6-4-8-25-20(16)27-14)33-23(32)30(2)12-18-13-34-22(28-18)29-21(31)26-11-15-5-3-7-17(24)9-15/h3-10,13H,11-12H2,1-2H3,(H2,26,28,29,31). The highest BCUT2D eigenvalue weighted by Crippen LogP contribution is 2.22. The number of ether oxygens (including phenoxy) is 1. The highest BCUT2D eigenvalue weighted by Gasteiger charge is 2.16. The molecule has 0 saturated carbocycles. The van der Waals surface area contributed by atoms with Crippen molar-refractivity contribution in [2.24, 2.45) is 0 Å². The predicted molar refractivity (Wildman–Crippen MR) is 126 cm³/mol. The minimum Gasteiger partial charge on any atom is -0.408 e. The maximum absolute atomic E-state index is 13.2. The Balaban J connectivity index is 1.30. The number of carbonyl (C=O) groups excluding carboxylic acids is 2. The number of hydrogen-bond acceptors (Lipinski definition) is 7. The Bertz CT molecular complexity index is 1350. The SMILES string of the molecule is Cc1nc2ncccc2cc1OC(=O)N(C)Cc1csc(NC(=O)NCc2cccc(F)c2)n1. The third kappa shape index (κ3) is 5.81. The van der Waals surface area contributed by atoms with Crippen molar-refractivity contribution >= 4 is 39.6 Å². The number of rotatable bonds is 6. The lowest BCUT2D eigenvalue weighted by Crippen LogP contribution is -2.30. The van der Waals surface area contributed by atoms with Crippen molar-refractivity contribution in [2.45, 2.75) is 20.0 Å². The average Bonchev–Trinajstić information content (AvgIpc) is 3.24. The molecule has 0 fully saturated rings. The first-order valence-electron chi connectivity index (χ1n) is 10.3. The summed E-state index contributed by atoms with van der Waals surface area (Å²) in [4.78, 5) is 38.9. The second kappa shape index (κ2) is 10.2. The van der Waals surface area contributed by atoms with Crippen LogP contribution in [0.15, 0.2) is 54.0 Å². The molecule has 2 N–H and O–H groups in total. The number of anilines is 1. The van der Waals surface area contributed by atoms with Gasteiger partial charge in [0.15, 0.2) is 16.5 Å². The summed E-state index contributed by atoms with van der Waals surface area (Å²) in [5.41, 5.74) is 2.36. The van der Waals surface area contributed by atoms with Gasteiger partial charge in [-0.1, -0.05) is 12.1 Å². The van der Waals surface area contributed by atoms with E-state index in [1.807, 2.05) is 6.07 Å². The molecule has 3 aromatic heterocycles. The van der Waals surface area contributed by atoms with E-state index in [0.29, 0.717) is 33.5 Å². The maximum atomic E-state index is 13.2. The molecule has 0 aliphatic heterocycles. The number of urea groups is 1. The number of thiazole rings is 1. The summed E-state index contributed by atoms with van der Waals surface area (Å²) in [6, 6.07) is 10.9. The van der Waals surface area contributed by atoms with E-state index in [0.717, 1.165) is 5.39 Å². The van der Waals surface area contributed by atoms with Crippen LogP contribution in [0.25, 0.3) is 11.0 Å². The number of carbonyl (C=O) groups is 2. The van der Waals surface area contributed by atoms with Crippen molar-refractivity contribution in [3.8, 4) is 5.75 Å². The van der Waals surface area contributed by atoms with Gasteiger partial charge in [-0.25, -0.2) is 28.9 Å². The number of hydrogen-bond donors (Lipinski definition) is 2. The van der Waals surface area contributed by atoms with Gasteiger partial charge in [-0.2, -0.15) is 0 Å². The molecule has 0 unspecified atom stereocenters. The molecule has 11 heteroatoms. The van der Waals surface area contributed by atoms with Gasteiger partial charge in [-0.05, 0) is 42.8 Å². The Morgan fingerprint density at radius 3 is 2.85 bits per heavy atom. The van der Waals surface area contributed by atoms with E-state index < -0.39 is 12.1 Å². The molecule has 0 bridgehead atoms. The van der Waals surface area contributed by atoms with Gasteiger partial charge in [-0.15, -0.1) is 11.3 Å². The lowest BCUT2D eigenvalue weighted by atomic mass is 10.2. The molecule has 0 radical (unpaired) electrons. The first-order chi connectivity index (χ1) is 16.4. The van der Waals surface area contributed by atoms with E-state index in [4.69, 9.17) is 4.74 Å². The van der Waals surface area contributed by atoms with Crippen molar-refractivity contribution in [3.05, 3.63) is 76.8 Å². The summed E-state index contributed by atoms with van der Waals surface area (Å²) in [6.07, 6.45) is 1.09. The first-order valence-corrected chi connectivity index (χ1v) is 11.1. The van der Waals surface area contributed by atoms with E-state index in [1.54, 1.807) is 49.8 Å². The van der Waals surface area contributed by atoms with Gasteiger partial charge in [0.2, 0.25) is 0 Å². The van der Waals surface area contributed by atoms with Crippen LogP contribution < -0.4 is 15.4 Å². The number of aryl methyl sites for hydroxylation is 1. The molecule has 0 saturated heterocycles. The van der Waals surface area contributed by atoms with Crippen LogP contribution in [0.1, 0.15) is 17.0 Å². The summed E-state index contributed by atoms with van der Waals surface area (Å²) in [6.45, 7) is 2.10. The van der Waals surface area contributed by atoms with Crippen LogP contribution in [-0.4, -0.2) is 39.0 Å². The van der Waals surface area contributed by atoms with Crippen molar-refractivity contribution in [3.63, 3.8) is 0 Å². The lowest BCUT2D eigenvalue weighted by molar-refractivity contribution is 0.160. The Labute approximate surface area is 198 Å². The third-order valence-corrected chi connectivity index (χ3v) is 5.56. The molecule has 0 spiro atoms. The highest BCUT2D eigenvalue weighted by atomic mass is 32.1. The molecular formula is C23H21FN6O3S. The molecule has 0 aliphatic carbocycles. The summed E-state index contributed by atoms with van der Waals surface area (Å²) in [7, 11) is 1.59. The van der Waals surface area contributed by atoms with Gasteiger partial charge < -0.3 is 15.0 Å². The van der Waals surface area contributed by atoms with Crippen molar-refractivity contribution in [1.82, 2.24) is 25.2 Å². The summed E-state index contributed by atoms with van der Waals surface area (Å²) in [5, 5.41) is 8.15. The van der Waals surface area contributed by atoms with Crippen LogP contribution >= 0.6 is 11.3 Å². The van der Waals surface area contributed by atoms with Crippen molar-refractivity contribution in [2.75, 3.05) is 12.4 Å². The fraction of sp³-hybridized carbons (Fsp3) is 0.174. The number of nitrogens with zero attached hydrogens (tertiary/aromatic N) is 4. The molecule has 3 amide bonds. The zero-order valence-corrected chi connectivity index (χ0v) is 19.2. The van der Waals surface area contributed by atoms with Gasteiger partial charge in [0.1, 0.15) is 5.82 Å². The topological polar surface area (TPSA) is 109 Å². The van der Waals surface area contributed by atoms with Crippen LogP contribution in [0.3, 0.4) is 0 Å². The molecule has 0 atom stereocenters. The minimum absolute atomic E-state index is 0.176. The van der Waals surface area contributed by atoms with E-state index in [-0.39, 0.29) is 18.9 Å². The number of halogens is 1. The van der Waals surface area contributed by atoms with Crippen LogP contribution in [0.5, 0.6) is 5.75 Å². The van der Waals surface area contributed by atoms with Crippen LogP contribution in [0.4, 0.5) is 19.1 Å². The second-order valence-electron chi connectivity index (χ2n) is 7.43. The van der Waals surface area contributed by atoms with E-state index >= 15 is 0 Å². The van der Waals surface area contributed by atoms with Crippen molar-refractivity contribution < 1.29 is 18.7 Å². The Kier molecular flexibility index (Phi) is 6.93.